The van der Waals surface area contributed by atoms with Crippen molar-refractivity contribution in [2.45, 2.75) is 58.1 Å². The van der Waals surface area contributed by atoms with Gasteiger partial charge in [-0.3, -0.25) is 14.4 Å². The Bertz CT molecular complexity index is 923. The van der Waals surface area contributed by atoms with Crippen molar-refractivity contribution in [3.05, 3.63) is 70.5 Å². The smallest absolute Gasteiger partial charge is 0.307 e. The Morgan fingerprint density at radius 2 is 1.70 bits per heavy atom. The number of ketones is 1. The third-order valence-corrected chi connectivity index (χ3v) is 5.28. The predicted octanol–water partition coefficient (Wildman–Crippen LogP) is 3.92. The molecule has 0 fully saturated rings. The number of esters is 1. The minimum atomic E-state index is -0.975. The van der Waals surface area contributed by atoms with E-state index in [0.717, 1.165) is 24.8 Å². The molecule has 1 amide bonds. The molecule has 1 aliphatic rings. The lowest BCUT2D eigenvalue weighted by molar-refractivity contribution is -0.154. The molecule has 0 bridgehead atoms. The molecule has 2 aromatic carbocycles. The van der Waals surface area contributed by atoms with Crippen LogP contribution in [0.4, 0.5) is 4.39 Å². The molecule has 0 aliphatic heterocycles. The van der Waals surface area contributed by atoms with Gasteiger partial charge in [-0.15, -0.1) is 0 Å². The first-order valence-electron chi connectivity index (χ1n) is 10.3. The number of Topliss-reactive ketones (excluding diaryl/α,β-unsaturated/α-hetero) is 1. The van der Waals surface area contributed by atoms with E-state index in [1.54, 1.807) is 12.1 Å². The number of nitrogens with one attached hydrogen (secondary N) is 1. The fraction of sp³-hybridized carbons (Fsp3) is 0.375. The maximum Gasteiger partial charge on any atom is 0.307 e. The van der Waals surface area contributed by atoms with E-state index in [1.165, 1.54) is 36.6 Å². The Labute approximate surface area is 175 Å². The van der Waals surface area contributed by atoms with Crippen LogP contribution in [0.25, 0.3) is 0 Å². The van der Waals surface area contributed by atoms with Gasteiger partial charge < -0.3 is 10.1 Å². The van der Waals surface area contributed by atoms with Crippen LogP contribution in [-0.4, -0.2) is 23.8 Å². The Balaban J connectivity index is 1.42. The number of fused-ring (bicyclic) bond motifs is 1. The second-order valence-electron chi connectivity index (χ2n) is 7.59. The van der Waals surface area contributed by atoms with Crippen molar-refractivity contribution in [1.29, 1.82) is 0 Å². The van der Waals surface area contributed by atoms with E-state index in [4.69, 9.17) is 4.74 Å². The van der Waals surface area contributed by atoms with Gasteiger partial charge in [0.2, 0.25) is 0 Å². The Morgan fingerprint density at radius 3 is 2.43 bits per heavy atom. The van der Waals surface area contributed by atoms with Crippen LogP contribution in [0.2, 0.25) is 0 Å². The van der Waals surface area contributed by atoms with Gasteiger partial charge in [0.25, 0.3) is 5.91 Å². The molecule has 0 saturated carbocycles. The minimum Gasteiger partial charge on any atom is -0.453 e. The molecule has 0 radical (unpaired) electrons. The quantitative estimate of drug-likeness (QED) is 0.528. The van der Waals surface area contributed by atoms with Gasteiger partial charge >= 0.3 is 5.97 Å². The van der Waals surface area contributed by atoms with E-state index in [9.17, 15) is 18.8 Å². The van der Waals surface area contributed by atoms with Crippen molar-refractivity contribution in [3.63, 3.8) is 0 Å². The maximum absolute atomic E-state index is 12.9. The highest BCUT2D eigenvalue weighted by Crippen LogP contribution is 2.23. The van der Waals surface area contributed by atoms with Crippen LogP contribution in [0.15, 0.2) is 42.5 Å². The highest BCUT2D eigenvalue weighted by atomic mass is 19.1. The molecule has 1 aliphatic carbocycles. The summed E-state index contributed by atoms with van der Waals surface area (Å²) >= 11 is 0. The van der Waals surface area contributed by atoms with E-state index in [0.29, 0.717) is 5.56 Å². The summed E-state index contributed by atoms with van der Waals surface area (Å²) in [6, 6.07) is 11.5. The zero-order valence-electron chi connectivity index (χ0n) is 17.1. The summed E-state index contributed by atoms with van der Waals surface area (Å²) in [6.07, 6.45) is 3.35. The molecule has 0 aromatic heterocycles. The summed E-state index contributed by atoms with van der Waals surface area (Å²) in [5.41, 5.74) is 3.88. The van der Waals surface area contributed by atoms with Gasteiger partial charge in [0.05, 0.1) is 6.42 Å². The molecular formula is C24H26FNO4. The zero-order valence-corrected chi connectivity index (χ0v) is 17.1. The molecule has 30 heavy (non-hydrogen) atoms. The number of aryl methyl sites for hydroxylation is 2. The number of carbonyl (C=O) groups is 3. The third-order valence-electron chi connectivity index (χ3n) is 5.28. The number of carbonyl (C=O) groups excluding carboxylic acids is 3. The molecule has 0 spiro atoms. The second kappa shape index (κ2) is 10.1. The van der Waals surface area contributed by atoms with E-state index in [1.807, 2.05) is 18.2 Å². The SMILES string of the molecule is C[C@@H](OC(=O)CCC(=O)c1ccc2c(c1)CCCC2)C(=O)NCc1ccc(F)cc1. The Hall–Kier alpha value is -3.02. The molecular weight excluding hydrogens is 385 g/mol. The summed E-state index contributed by atoms with van der Waals surface area (Å²) in [5, 5.41) is 2.64. The molecule has 3 rings (SSSR count). The summed E-state index contributed by atoms with van der Waals surface area (Å²) in [5.74, 6) is -1.49. The largest absolute Gasteiger partial charge is 0.453 e. The van der Waals surface area contributed by atoms with Crippen molar-refractivity contribution in [3.8, 4) is 0 Å². The van der Waals surface area contributed by atoms with Crippen LogP contribution in [0.1, 0.15) is 59.7 Å². The third kappa shape index (κ3) is 5.99. The van der Waals surface area contributed by atoms with E-state index in [2.05, 4.69) is 5.32 Å². The number of ether oxygens (including phenoxy) is 1. The Kier molecular flexibility index (Phi) is 7.33. The standard InChI is InChI=1S/C24H26FNO4/c1-16(24(29)26-15-17-6-10-21(25)11-7-17)30-23(28)13-12-22(27)20-9-8-18-4-2-3-5-19(18)14-20/h6-11,14,16H,2-5,12-13,15H2,1H3,(H,26,29)/t16-/m1/s1. The van der Waals surface area contributed by atoms with Crippen molar-refractivity contribution in [2.24, 2.45) is 0 Å². The van der Waals surface area contributed by atoms with E-state index < -0.39 is 18.0 Å². The number of halogens is 1. The molecule has 5 nitrogen and oxygen atoms in total. The lowest BCUT2D eigenvalue weighted by Gasteiger charge is -2.16. The number of benzene rings is 2. The fourth-order valence-electron chi connectivity index (χ4n) is 3.51. The summed E-state index contributed by atoms with van der Waals surface area (Å²) < 4.78 is 18.0. The van der Waals surface area contributed by atoms with Crippen LogP contribution in [0.3, 0.4) is 0 Å². The van der Waals surface area contributed by atoms with Crippen molar-refractivity contribution in [2.75, 3.05) is 0 Å². The van der Waals surface area contributed by atoms with Crippen LogP contribution in [0, 0.1) is 5.82 Å². The number of rotatable bonds is 8. The zero-order chi connectivity index (χ0) is 21.5. The summed E-state index contributed by atoms with van der Waals surface area (Å²) in [6.45, 7) is 1.68. The first kappa shape index (κ1) is 21.7. The average molecular weight is 411 g/mol. The molecule has 1 N–H and O–H groups in total. The topological polar surface area (TPSA) is 72.5 Å². The Morgan fingerprint density at radius 1 is 1.00 bits per heavy atom. The monoisotopic (exact) mass is 411 g/mol. The van der Waals surface area contributed by atoms with Gasteiger partial charge in [0.1, 0.15) is 5.82 Å². The van der Waals surface area contributed by atoms with Crippen molar-refractivity contribution in [1.82, 2.24) is 5.32 Å². The molecule has 0 saturated heterocycles. The lowest BCUT2D eigenvalue weighted by Crippen LogP contribution is -2.35. The predicted molar refractivity (Wildman–Crippen MR) is 110 cm³/mol. The van der Waals surface area contributed by atoms with Crippen LogP contribution in [-0.2, 0) is 33.7 Å². The average Bonchev–Trinajstić information content (AvgIpc) is 2.76. The molecule has 0 unspecified atom stereocenters. The normalized spacial score (nSPS) is 13.8. The van der Waals surface area contributed by atoms with Gasteiger partial charge in [-0.2, -0.15) is 0 Å². The van der Waals surface area contributed by atoms with Crippen LogP contribution < -0.4 is 5.32 Å². The van der Waals surface area contributed by atoms with E-state index in [-0.39, 0.29) is 31.0 Å². The fourth-order valence-corrected chi connectivity index (χ4v) is 3.51. The van der Waals surface area contributed by atoms with E-state index >= 15 is 0 Å². The van der Waals surface area contributed by atoms with Crippen LogP contribution in [0.5, 0.6) is 0 Å². The van der Waals surface area contributed by atoms with Gasteiger partial charge in [0, 0.05) is 18.5 Å². The molecule has 0 heterocycles. The number of hydrogen-bond acceptors (Lipinski definition) is 4. The van der Waals surface area contributed by atoms with Gasteiger partial charge in [0.15, 0.2) is 11.9 Å². The first-order chi connectivity index (χ1) is 14.4. The molecule has 6 heteroatoms. The van der Waals surface area contributed by atoms with Crippen molar-refractivity contribution < 1.29 is 23.5 Å². The highest BCUT2D eigenvalue weighted by molar-refractivity contribution is 5.98. The minimum absolute atomic E-state index is 0.0432. The van der Waals surface area contributed by atoms with Gasteiger partial charge in [-0.05, 0) is 67.5 Å². The van der Waals surface area contributed by atoms with Gasteiger partial charge in [-0.25, -0.2) is 4.39 Å². The highest BCUT2D eigenvalue weighted by Gasteiger charge is 2.19. The molecule has 158 valence electrons. The lowest BCUT2D eigenvalue weighted by atomic mass is 9.89. The van der Waals surface area contributed by atoms with Gasteiger partial charge in [-0.1, -0.05) is 24.3 Å². The summed E-state index contributed by atoms with van der Waals surface area (Å²) in [4.78, 5) is 36.6. The molecule has 2 aromatic rings. The summed E-state index contributed by atoms with van der Waals surface area (Å²) in [7, 11) is 0. The van der Waals surface area contributed by atoms with Crippen LogP contribution >= 0.6 is 0 Å². The van der Waals surface area contributed by atoms with Crippen molar-refractivity contribution >= 4 is 17.7 Å². The maximum atomic E-state index is 12.9. The molecule has 1 atom stereocenters. The number of amides is 1. The first-order valence-corrected chi connectivity index (χ1v) is 10.3. The second-order valence-corrected chi connectivity index (χ2v) is 7.59. The number of hydrogen-bond donors (Lipinski definition) is 1.